The van der Waals surface area contributed by atoms with Crippen LogP contribution >= 0.6 is 23.1 Å². The summed E-state index contributed by atoms with van der Waals surface area (Å²) in [4.78, 5) is 14.0. The van der Waals surface area contributed by atoms with Gasteiger partial charge in [-0.25, -0.2) is 5.84 Å². The van der Waals surface area contributed by atoms with Crippen LogP contribution in [0.2, 0.25) is 0 Å². The summed E-state index contributed by atoms with van der Waals surface area (Å²) in [5.41, 5.74) is 10.0. The number of hydrogen-bond acceptors (Lipinski definition) is 7. The zero-order valence-corrected chi connectivity index (χ0v) is 18.8. The van der Waals surface area contributed by atoms with E-state index in [1.165, 1.54) is 6.20 Å². The SMILES string of the molecule is CSc1cccc(N(N)/C(=C\N)CC(C=O)Cc2cc(-c3cccc(C#N)c3)cs2)c1. The van der Waals surface area contributed by atoms with Gasteiger partial charge < -0.3 is 10.5 Å². The number of carbonyl (C=O) groups is 1. The quantitative estimate of drug-likeness (QED) is 0.208. The summed E-state index contributed by atoms with van der Waals surface area (Å²) in [5.74, 6) is 6.06. The number of nitriles is 1. The lowest BCUT2D eigenvalue weighted by atomic mass is 9.99. The van der Waals surface area contributed by atoms with Crippen molar-refractivity contribution in [1.29, 1.82) is 5.26 Å². The summed E-state index contributed by atoms with van der Waals surface area (Å²) in [5, 5.41) is 12.7. The molecule has 1 heterocycles. The van der Waals surface area contributed by atoms with Crippen LogP contribution in [0.25, 0.3) is 11.1 Å². The van der Waals surface area contributed by atoms with Crippen molar-refractivity contribution in [3.8, 4) is 17.2 Å². The minimum absolute atomic E-state index is 0.249. The highest BCUT2D eigenvalue weighted by atomic mass is 32.2. The number of anilines is 1. The van der Waals surface area contributed by atoms with Gasteiger partial charge in [0.1, 0.15) is 6.29 Å². The Morgan fingerprint density at radius 1 is 1.23 bits per heavy atom. The zero-order chi connectivity index (χ0) is 22.2. The lowest BCUT2D eigenvalue weighted by Gasteiger charge is -2.24. The number of nitrogens with two attached hydrogens (primary N) is 2. The Bertz CT molecular complexity index is 1120. The van der Waals surface area contributed by atoms with Crippen LogP contribution in [0.15, 0.2) is 76.8 Å². The summed E-state index contributed by atoms with van der Waals surface area (Å²) in [6, 6.07) is 19.6. The van der Waals surface area contributed by atoms with Gasteiger partial charge in [-0.2, -0.15) is 5.26 Å². The van der Waals surface area contributed by atoms with E-state index in [0.717, 1.165) is 32.9 Å². The fourth-order valence-electron chi connectivity index (χ4n) is 3.28. The van der Waals surface area contributed by atoms with Crippen LogP contribution in [0.4, 0.5) is 5.69 Å². The van der Waals surface area contributed by atoms with Gasteiger partial charge in [0.2, 0.25) is 0 Å². The number of thiophene rings is 1. The topological polar surface area (TPSA) is 96.1 Å². The van der Waals surface area contributed by atoms with Gasteiger partial charge in [-0.15, -0.1) is 23.1 Å². The molecule has 0 saturated heterocycles. The third kappa shape index (κ3) is 5.76. The second-order valence-electron chi connectivity index (χ2n) is 7.03. The van der Waals surface area contributed by atoms with Crippen LogP contribution in [-0.4, -0.2) is 12.5 Å². The van der Waals surface area contributed by atoms with Crippen LogP contribution < -0.4 is 16.6 Å². The van der Waals surface area contributed by atoms with Gasteiger partial charge in [0.25, 0.3) is 0 Å². The van der Waals surface area contributed by atoms with Crippen molar-refractivity contribution in [2.24, 2.45) is 17.5 Å². The van der Waals surface area contributed by atoms with Gasteiger partial charge in [-0.05, 0) is 65.6 Å². The number of aldehydes is 1. The van der Waals surface area contributed by atoms with E-state index in [9.17, 15) is 4.79 Å². The first-order valence-corrected chi connectivity index (χ1v) is 11.8. The smallest absolute Gasteiger partial charge is 0.123 e. The molecular weight excluding hydrogens is 424 g/mol. The van der Waals surface area contributed by atoms with Crippen molar-refractivity contribution in [2.45, 2.75) is 17.7 Å². The molecule has 1 aromatic heterocycles. The number of nitrogens with zero attached hydrogens (tertiary/aromatic N) is 2. The molecule has 0 aliphatic rings. The van der Waals surface area contributed by atoms with Crippen LogP contribution in [-0.2, 0) is 11.2 Å². The Balaban J connectivity index is 1.71. The zero-order valence-electron chi connectivity index (χ0n) is 17.2. The average molecular weight is 449 g/mol. The number of hydrazine groups is 1. The summed E-state index contributed by atoms with van der Waals surface area (Å²) in [7, 11) is 0. The molecule has 31 heavy (non-hydrogen) atoms. The second-order valence-corrected chi connectivity index (χ2v) is 8.90. The van der Waals surface area contributed by atoms with Crippen molar-refractivity contribution in [3.63, 3.8) is 0 Å². The number of allylic oxidation sites excluding steroid dienone is 1. The van der Waals surface area contributed by atoms with E-state index in [0.29, 0.717) is 24.1 Å². The number of hydrogen-bond donors (Lipinski definition) is 2. The van der Waals surface area contributed by atoms with E-state index in [-0.39, 0.29) is 5.92 Å². The van der Waals surface area contributed by atoms with Crippen LogP contribution in [0.5, 0.6) is 0 Å². The fraction of sp³-hybridized carbons (Fsp3) is 0.167. The molecule has 158 valence electrons. The molecule has 0 spiro atoms. The Labute approximate surface area is 191 Å². The molecule has 0 bridgehead atoms. The van der Waals surface area contributed by atoms with E-state index < -0.39 is 0 Å². The van der Waals surface area contributed by atoms with Gasteiger partial charge in [-0.1, -0.05) is 18.2 Å². The molecule has 4 N–H and O–H groups in total. The minimum Gasteiger partial charge on any atom is -0.403 e. The number of benzene rings is 2. The highest BCUT2D eigenvalue weighted by Crippen LogP contribution is 2.30. The van der Waals surface area contributed by atoms with Crippen molar-refractivity contribution >= 4 is 35.1 Å². The highest BCUT2D eigenvalue weighted by molar-refractivity contribution is 7.98. The maximum Gasteiger partial charge on any atom is 0.123 e. The van der Waals surface area contributed by atoms with E-state index in [2.05, 4.69) is 17.5 Å². The van der Waals surface area contributed by atoms with Crippen molar-refractivity contribution in [1.82, 2.24) is 0 Å². The highest BCUT2D eigenvalue weighted by Gasteiger charge is 2.17. The van der Waals surface area contributed by atoms with Gasteiger partial charge in [0.15, 0.2) is 0 Å². The average Bonchev–Trinajstić information content (AvgIpc) is 3.30. The van der Waals surface area contributed by atoms with E-state index >= 15 is 0 Å². The maximum atomic E-state index is 11.8. The third-order valence-electron chi connectivity index (χ3n) is 4.94. The molecule has 3 aromatic rings. The van der Waals surface area contributed by atoms with Crippen LogP contribution in [0, 0.1) is 17.2 Å². The van der Waals surface area contributed by atoms with Gasteiger partial charge >= 0.3 is 0 Å². The number of rotatable bonds is 9. The van der Waals surface area contributed by atoms with E-state index in [1.807, 2.05) is 48.7 Å². The molecule has 0 fully saturated rings. The summed E-state index contributed by atoms with van der Waals surface area (Å²) < 4.78 is 0. The van der Waals surface area contributed by atoms with E-state index in [4.69, 9.17) is 16.8 Å². The van der Waals surface area contributed by atoms with Gasteiger partial charge in [0.05, 0.1) is 23.0 Å². The summed E-state index contributed by atoms with van der Waals surface area (Å²) in [6.45, 7) is 0. The molecular formula is C24H24N4OS2. The normalized spacial score (nSPS) is 12.2. The molecule has 0 saturated carbocycles. The molecule has 0 radical (unpaired) electrons. The monoisotopic (exact) mass is 448 g/mol. The van der Waals surface area contributed by atoms with Crippen molar-refractivity contribution in [3.05, 3.63) is 82.3 Å². The van der Waals surface area contributed by atoms with Crippen molar-refractivity contribution in [2.75, 3.05) is 11.3 Å². The standard InChI is InChI=1S/C24H24N4OS2/c1-30-23-7-3-6-21(12-23)28(27)22(14-26)9-18(15-29)10-24-11-20(16-31-24)19-5-2-4-17(8-19)13-25/h2-8,11-12,14-16,18H,9-10,26-27H2,1H3/b22-14-. The Hall–Kier alpha value is -3.05. The lowest BCUT2D eigenvalue weighted by molar-refractivity contribution is -0.111. The lowest BCUT2D eigenvalue weighted by Crippen LogP contribution is -2.32. The minimum atomic E-state index is -0.249. The van der Waals surface area contributed by atoms with Gasteiger partial charge in [-0.3, -0.25) is 5.01 Å². The fourth-order valence-corrected chi connectivity index (χ4v) is 4.72. The molecule has 0 amide bonds. The predicted octanol–water partition coefficient (Wildman–Crippen LogP) is 4.94. The first kappa shape index (κ1) is 22.6. The largest absolute Gasteiger partial charge is 0.403 e. The first-order valence-electron chi connectivity index (χ1n) is 9.70. The summed E-state index contributed by atoms with van der Waals surface area (Å²) >= 11 is 3.24. The Morgan fingerprint density at radius 2 is 2.03 bits per heavy atom. The first-order chi connectivity index (χ1) is 15.1. The molecule has 2 aromatic carbocycles. The Kier molecular flexibility index (Phi) is 7.90. The molecule has 1 atom stereocenters. The molecule has 7 heteroatoms. The molecule has 3 rings (SSSR count). The van der Waals surface area contributed by atoms with Crippen LogP contribution in [0.3, 0.4) is 0 Å². The number of thioether (sulfide) groups is 1. The second kappa shape index (κ2) is 10.8. The van der Waals surface area contributed by atoms with E-state index in [1.54, 1.807) is 34.2 Å². The summed E-state index contributed by atoms with van der Waals surface area (Å²) in [6.07, 6.45) is 5.48. The predicted molar refractivity (Wildman–Crippen MR) is 130 cm³/mol. The molecule has 0 aliphatic carbocycles. The third-order valence-corrected chi connectivity index (χ3v) is 6.62. The van der Waals surface area contributed by atoms with Crippen LogP contribution in [0.1, 0.15) is 16.9 Å². The Morgan fingerprint density at radius 3 is 2.74 bits per heavy atom. The molecule has 5 nitrogen and oxygen atoms in total. The van der Waals surface area contributed by atoms with Gasteiger partial charge in [0, 0.05) is 28.3 Å². The van der Waals surface area contributed by atoms with Crippen molar-refractivity contribution < 1.29 is 4.79 Å². The maximum absolute atomic E-state index is 11.8. The number of carbonyl (C=O) groups excluding carboxylic acids is 1. The molecule has 0 aliphatic heterocycles. The molecule has 1 unspecified atom stereocenters.